The smallest absolute Gasteiger partial charge is 0.256 e. The molecule has 1 fully saturated rings. The molecule has 1 saturated heterocycles. The van der Waals surface area contributed by atoms with Crippen LogP contribution < -0.4 is 5.06 Å². The highest BCUT2D eigenvalue weighted by atomic mass is 19.1. The topological polar surface area (TPSA) is 76.4 Å². The van der Waals surface area contributed by atoms with Gasteiger partial charge in [-0.05, 0) is 38.1 Å². The maximum atomic E-state index is 13.9. The van der Waals surface area contributed by atoms with Crippen molar-refractivity contribution in [1.82, 2.24) is 24.6 Å². The second kappa shape index (κ2) is 7.96. The van der Waals surface area contributed by atoms with Gasteiger partial charge in [0.1, 0.15) is 11.6 Å². The van der Waals surface area contributed by atoms with Crippen LogP contribution in [0.5, 0.6) is 0 Å². The number of anilines is 1. The Morgan fingerprint density at radius 3 is 2.76 bits per heavy atom. The van der Waals surface area contributed by atoms with E-state index >= 15 is 0 Å². The Morgan fingerprint density at radius 1 is 1.14 bits per heavy atom. The molecule has 0 saturated carbocycles. The van der Waals surface area contributed by atoms with Gasteiger partial charge in [-0.1, -0.05) is 0 Å². The van der Waals surface area contributed by atoms with Crippen molar-refractivity contribution in [3.05, 3.63) is 65.6 Å². The number of aryl methyl sites for hydroxylation is 2. The summed E-state index contributed by atoms with van der Waals surface area (Å²) in [5, 5.41) is 5.84. The van der Waals surface area contributed by atoms with Gasteiger partial charge in [0.05, 0.1) is 24.4 Å². The van der Waals surface area contributed by atoms with Crippen LogP contribution in [0, 0.1) is 19.7 Å². The summed E-state index contributed by atoms with van der Waals surface area (Å²) >= 11 is 0. The van der Waals surface area contributed by atoms with E-state index < -0.39 is 5.82 Å². The van der Waals surface area contributed by atoms with Crippen LogP contribution in [0.2, 0.25) is 0 Å². The third-order valence-electron chi connectivity index (χ3n) is 4.62. The first kappa shape index (κ1) is 19.0. The molecule has 0 aliphatic carbocycles. The van der Waals surface area contributed by atoms with E-state index in [2.05, 4.69) is 15.1 Å². The zero-order valence-electron chi connectivity index (χ0n) is 16.2. The number of hydroxylamine groups is 1. The highest BCUT2D eigenvalue weighted by Crippen LogP contribution is 2.20. The maximum Gasteiger partial charge on any atom is 0.256 e. The molecule has 3 heterocycles. The molecule has 0 bridgehead atoms. The van der Waals surface area contributed by atoms with E-state index in [-0.39, 0.29) is 11.5 Å². The van der Waals surface area contributed by atoms with Crippen molar-refractivity contribution >= 4 is 11.7 Å². The minimum absolute atomic E-state index is 0.260. The van der Waals surface area contributed by atoms with Crippen molar-refractivity contribution in [1.29, 1.82) is 0 Å². The number of benzene rings is 1. The van der Waals surface area contributed by atoms with Crippen molar-refractivity contribution in [2.24, 2.45) is 0 Å². The molecule has 0 spiro atoms. The van der Waals surface area contributed by atoms with E-state index in [1.165, 1.54) is 12.1 Å². The van der Waals surface area contributed by atoms with Crippen LogP contribution in [0.3, 0.4) is 0 Å². The van der Waals surface area contributed by atoms with Gasteiger partial charge in [0.15, 0.2) is 5.82 Å². The second-order valence-electron chi connectivity index (χ2n) is 6.75. The molecule has 9 heteroatoms. The summed E-state index contributed by atoms with van der Waals surface area (Å²) in [4.78, 5) is 29.3. The summed E-state index contributed by atoms with van der Waals surface area (Å²) in [5.74, 6) is 0.580. The number of amides is 1. The molecule has 1 aliphatic rings. The van der Waals surface area contributed by atoms with Crippen LogP contribution in [-0.2, 0) is 4.84 Å². The van der Waals surface area contributed by atoms with E-state index in [1.54, 1.807) is 39.2 Å². The van der Waals surface area contributed by atoms with Crippen LogP contribution in [0.25, 0.3) is 5.69 Å². The molecule has 1 aliphatic heterocycles. The average Bonchev–Trinajstić information content (AvgIpc) is 3.10. The van der Waals surface area contributed by atoms with Crippen LogP contribution >= 0.6 is 0 Å². The number of hydrogen-bond acceptors (Lipinski definition) is 6. The minimum Gasteiger partial charge on any atom is -0.334 e. The summed E-state index contributed by atoms with van der Waals surface area (Å²) in [5.41, 5.74) is 1.64. The summed E-state index contributed by atoms with van der Waals surface area (Å²) in [7, 11) is 0. The number of halogens is 1. The molecule has 0 N–H and O–H groups in total. The van der Waals surface area contributed by atoms with Crippen LogP contribution in [0.15, 0.2) is 42.7 Å². The van der Waals surface area contributed by atoms with E-state index in [0.29, 0.717) is 43.6 Å². The first-order valence-corrected chi connectivity index (χ1v) is 9.33. The summed E-state index contributed by atoms with van der Waals surface area (Å²) < 4.78 is 15.5. The van der Waals surface area contributed by atoms with Gasteiger partial charge in [0.25, 0.3) is 5.91 Å². The molecule has 8 nitrogen and oxygen atoms in total. The number of carbonyl (C=O) groups excluding carboxylic acids is 1. The molecular formula is C20H21FN6O2. The van der Waals surface area contributed by atoms with Gasteiger partial charge in [-0.25, -0.2) is 24.1 Å². The van der Waals surface area contributed by atoms with Gasteiger partial charge < -0.3 is 4.90 Å². The quantitative estimate of drug-likeness (QED) is 0.676. The van der Waals surface area contributed by atoms with Gasteiger partial charge >= 0.3 is 0 Å². The Balaban J connectivity index is 1.56. The first-order chi connectivity index (χ1) is 14.0. The molecule has 3 aromatic rings. The zero-order chi connectivity index (χ0) is 20.4. The summed E-state index contributed by atoms with van der Waals surface area (Å²) in [6.07, 6.45) is 3.33. The van der Waals surface area contributed by atoms with Crippen molar-refractivity contribution < 1.29 is 14.0 Å². The lowest BCUT2D eigenvalue weighted by atomic mass is 10.1. The Hall–Kier alpha value is -3.33. The van der Waals surface area contributed by atoms with Gasteiger partial charge in [0.2, 0.25) is 0 Å². The van der Waals surface area contributed by atoms with E-state index in [4.69, 9.17) is 4.84 Å². The second-order valence-corrected chi connectivity index (χ2v) is 6.75. The molecule has 1 amide bonds. The highest BCUT2D eigenvalue weighted by Gasteiger charge is 2.25. The molecule has 0 radical (unpaired) electrons. The van der Waals surface area contributed by atoms with Crippen LogP contribution in [-0.4, -0.2) is 56.8 Å². The van der Waals surface area contributed by atoms with Crippen molar-refractivity contribution in [2.45, 2.75) is 13.8 Å². The van der Waals surface area contributed by atoms with E-state index in [9.17, 15) is 9.18 Å². The number of aromatic nitrogens is 4. The molecule has 29 heavy (non-hydrogen) atoms. The average molecular weight is 396 g/mol. The van der Waals surface area contributed by atoms with E-state index in [1.807, 2.05) is 19.9 Å². The lowest BCUT2D eigenvalue weighted by molar-refractivity contribution is 0.0729. The Morgan fingerprint density at radius 2 is 2.00 bits per heavy atom. The normalized spacial score (nSPS) is 14.7. The maximum absolute atomic E-state index is 13.9. The molecule has 0 unspecified atom stereocenters. The fraction of sp³-hybridized carbons (Fsp3) is 0.300. The number of carbonyl (C=O) groups is 1. The Kier molecular flexibility index (Phi) is 5.22. The molecule has 4 rings (SSSR count). The molecular weight excluding hydrogens is 375 g/mol. The largest absolute Gasteiger partial charge is 0.334 e. The van der Waals surface area contributed by atoms with Crippen LogP contribution in [0.1, 0.15) is 21.9 Å². The minimum atomic E-state index is -0.469. The summed E-state index contributed by atoms with van der Waals surface area (Å²) in [6, 6.07) is 7.72. The SMILES string of the molecule is Cc1cc(N2CCN(C(=O)c3cc(F)ccc3-n3cccn3)CCO2)nc(C)n1. The monoisotopic (exact) mass is 396 g/mol. The lowest BCUT2D eigenvalue weighted by Gasteiger charge is -2.22. The standard InChI is InChI=1S/C20H21FN6O2/c1-14-12-19(24-15(2)23-14)27-9-8-25(10-11-29-27)20(28)17-13-16(21)4-5-18(17)26-7-3-6-22-26/h3-7,12-13H,8-11H2,1-2H3. The predicted octanol–water partition coefficient (Wildman–Crippen LogP) is 2.31. The van der Waals surface area contributed by atoms with Gasteiger partial charge in [0, 0.05) is 37.2 Å². The first-order valence-electron chi connectivity index (χ1n) is 9.33. The molecule has 1 aromatic carbocycles. The van der Waals surface area contributed by atoms with Crippen molar-refractivity contribution in [3.8, 4) is 5.69 Å². The van der Waals surface area contributed by atoms with Gasteiger partial charge in [-0.2, -0.15) is 5.10 Å². The Bertz CT molecular complexity index is 1000. The number of hydrogen-bond donors (Lipinski definition) is 0. The van der Waals surface area contributed by atoms with Crippen molar-refractivity contribution in [2.75, 3.05) is 31.3 Å². The van der Waals surface area contributed by atoms with E-state index in [0.717, 1.165) is 5.69 Å². The zero-order valence-corrected chi connectivity index (χ0v) is 16.2. The van der Waals surface area contributed by atoms with Crippen molar-refractivity contribution in [3.63, 3.8) is 0 Å². The van der Waals surface area contributed by atoms with Crippen LogP contribution in [0.4, 0.5) is 10.2 Å². The predicted molar refractivity (Wildman–Crippen MR) is 104 cm³/mol. The third-order valence-corrected chi connectivity index (χ3v) is 4.62. The Labute approximate surface area is 167 Å². The third kappa shape index (κ3) is 4.09. The fourth-order valence-corrected chi connectivity index (χ4v) is 3.32. The molecule has 2 aromatic heterocycles. The number of nitrogens with zero attached hydrogens (tertiary/aromatic N) is 6. The van der Waals surface area contributed by atoms with Gasteiger partial charge in [-0.15, -0.1) is 0 Å². The molecule has 0 atom stereocenters. The fourth-order valence-electron chi connectivity index (χ4n) is 3.32. The summed E-state index contributed by atoms with van der Waals surface area (Å²) in [6.45, 7) is 5.26. The number of rotatable bonds is 3. The molecule has 150 valence electrons. The van der Waals surface area contributed by atoms with Gasteiger partial charge in [-0.3, -0.25) is 9.63 Å². The lowest BCUT2D eigenvalue weighted by Crippen LogP contribution is -2.36. The highest BCUT2D eigenvalue weighted by molar-refractivity contribution is 5.97.